The SMILES string of the molecule is CCc1ccc(CNS(=O)(=O)CCN2CCNCC2)cc1. The summed E-state index contributed by atoms with van der Waals surface area (Å²) < 4.78 is 26.7. The molecular weight excluding hydrogens is 286 g/mol. The largest absolute Gasteiger partial charge is 0.314 e. The molecule has 0 amide bonds. The Morgan fingerprint density at radius 2 is 1.76 bits per heavy atom. The molecule has 1 aliphatic heterocycles. The smallest absolute Gasteiger partial charge is 0.213 e. The number of rotatable bonds is 7. The number of hydrogen-bond acceptors (Lipinski definition) is 4. The summed E-state index contributed by atoms with van der Waals surface area (Å²) in [7, 11) is -3.21. The molecule has 1 aliphatic rings. The molecule has 1 saturated heterocycles. The van der Waals surface area contributed by atoms with Gasteiger partial charge in [0.15, 0.2) is 0 Å². The van der Waals surface area contributed by atoms with Crippen molar-refractivity contribution in [2.75, 3.05) is 38.5 Å². The van der Waals surface area contributed by atoms with Gasteiger partial charge in [-0.25, -0.2) is 13.1 Å². The summed E-state index contributed by atoms with van der Waals surface area (Å²) >= 11 is 0. The van der Waals surface area contributed by atoms with Crippen molar-refractivity contribution in [1.29, 1.82) is 0 Å². The number of aryl methyl sites for hydroxylation is 1. The Hall–Kier alpha value is -0.950. The molecule has 2 N–H and O–H groups in total. The number of piperazine rings is 1. The van der Waals surface area contributed by atoms with Crippen LogP contribution in [-0.4, -0.2) is 51.8 Å². The minimum Gasteiger partial charge on any atom is -0.314 e. The van der Waals surface area contributed by atoms with E-state index in [-0.39, 0.29) is 5.75 Å². The summed E-state index contributed by atoms with van der Waals surface area (Å²) in [6, 6.07) is 8.06. The van der Waals surface area contributed by atoms with Crippen LogP contribution in [0.2, 0.25) is 0 Å². The molecule has 21 heavy (non-hydrogen) atoms. The van der Waals surface area contributed by atoms with Crippen molar-refractivity contribution in [3.8, 4) is 0 Å². The zero-order valence-corrected chi connectivity index (χ0v) is 13.5. The molecule has 0 atom stereocenters. The zero-order chi connectivity index (χ0) is 15.1. The molecular formula is C15H25N3O2S. The minimum atomic E-state index is -3.21. The summed E-state index contributed by atoms with van der Waals surface area (Å²) in [6.45, 7) is 6.81. The fourth-order valence-electron chi connectivity index (χ4n) is 2.34. The fraction of sp³-hybridized carbons (Fsp3) is 0.600. The number of hydrogen-bond donors (Lipinski definition) is 2. The highest BCUT2D eigenvalue weighted by Gasteiger charge is 2.15. The van der Waals surface area contributed by atoms with Crippen LogP contribution in [-0.2, 0) is 23.0 Å². The molecule has 1 aromatic carbocycles. The van der Waals surface area contributed by atoms with Crippen LogP contribution in [0.1, 0.15) is 18.1 Å². The van der Waals surface area contributed by atoms with Gasteiger partial charge in [0.1, 0.15) is 0 Å². The summed E-state index contributed by atoms with van der Waals surface area (Å²) in [6.07, 6.45) is 0.997. The second-order valence-electron chi connectivity index (χ2n) is 5.40. The molecule has 0 spiro atoms. The molecule has 0 saturated carbocycles. The highest BCUT2D eigenvalue weighted by molar-refractivity contribution is 7.89. The van der Waals surface area contributed by atoms with E-state index >= 15 is 0 Å². The van der Waals surface area contributed by atoms with Crippen LogP contribution < -0.4 is 10.0 Å². The van der Waals surface area contributed by atoms with Crippen LogP contribution in [0.3, 0.4) is 0 Å². The van der Waals surface area contributed by atoms with Crippen molar-refractivity contribution < 1.29 is 8.42 Å². The van der Waals surface area contributed by atoms with Gasteiger partial charge < -0.3 is 5.32 Å². The van der Waals surface area contributed by atoms with Crippen molar-refractivity contribution in [2.24, 2.45) is 0 Å². The Kier molecular flexibility index (Phi) is 6.17. The van der Waals surface area contributed by atoms with Gasteiger partial charge in [0.25, 0.3) is 0 Å². The second kappa shape index (κ2) is 7.89. The zero-order valence-electron chi connectivity index (χ0n) is 12.6. The number of nitrogens with one attached hydrogen (secondary N) is 2. The van der Waals surface area contributed by atoms with E-state index in [9.17, 15) is 8.42 Å². The summed E-state index contributed by atoms with van der Waals surface area (Å²) in [4.78, 5) is 2.19. The van der Waals surface area contributed by atoms with E-state index in [1.165, 1.54) is 5.56 Å². The topological polar surface area (TPSA) is 61.4 Å². The highest BCUT2D eigenvalue weighted by Crippen LogP contribution is 2.05. The van der Waals surface area contributed by atoms with Gasteiger partial charge in [-0.3, -0.25) is 4.90 Å². The van der Waals surface area contributed by atoms with Gasteiger partial charge in [0.2, 0.25) is 10.0 Å². The first-order valence-electron chi connectivity index (χ1n) is 7.57. The van der Waals surface area contributed by atoms with Crippen LogP contribution in [0.5, 0.6) is 0 Å². The van der Waals surface area contributed by atoms with Crippen LogP contribution >= 0.6 is 0 Å². The third-order valence-corrected chi connectivity index (χ3v) is 5.12. The normalized spacial score (nSPS) is 17.0. The maximum Gasteiger partial charge on any atom is 0.213 e. The minimum absolute atomic E-state index is 0.167. The molecule has 1 heterocycles. The third-order valence-electron chi connectivity index (χ3n) is 3.81. The quantitative estimate of drug-likeness (QED) is 0.773. The number of nitrogens with zero attached hydrogens (tertiary/aromatic N) is 1. The Morgan fingerprint density at radius 1 is 1.14 bits per heavy atom. The Bertz CT molecular complexity index is 522. The Morgan fingerprint density at radius 3 is 2.38 bits per heavy atom. The number of benzene rings is 1. The molecule has 0 unspecified atom stereocenters. The lowest BCUT2D eigenvalue weighted by Crippen LogP contribution is -2.45. The van der Waals surface area contributed by atoms with Crippen LogP contribution in [0.4, 0.5) is 0 Å². The molecule has 1 fully saturated rings. The number of sulfonamides is 1. The van der Waals surface area contributed by atoms with Gasteiger partial charge in [0.05, 0.1) is 5.75 Å². The maximum absolute atomic E-state index is 12.0. The fourth-order valence-corrected chi connectivity index (χ4v) is 3.37. The predicted octanol–water partition coefficient (Wildman–Crippen LogP) is 0.574. The monoisotopic (exact) mass is 311 g/mol. The lowest BCUT2D eigenvalue weighted by atomic mass is 10.1. The van der Waals surface area contributed by atoms with E-state index in [0.29, 0.717) is 13.1 Å². The van der Waals surface area contributed by atoms with Crippen LogP contribution in [0, 0.1) is 0 Å². The first kappa shape index (κ1) is 16.4. The molecule has 6 heteroatoms. The standard InChI is InChI=1S/C15H25N3O2S/c1-2-14-3-5-15(6-4-14)13-17-21(19,20)12-11-18-9-7-16-8-10-18/h3-6,16-17H,2,7-13H2,1H3. The van der Waals surface area contributed by atoms with E-state index in [1.54, 1.807) is 0 Å². The first-order valence-corrected chi connectivity index (χ1v) is 9.22. The van der Waals surface area contributed by atoms with Crippen molar-refractivity contribution in [3.63, 3.8) is 0 Å². The summed E-state index contributed by atoms with van der Waals surface area (Å²) in [5.74, 6) is 0.167. The van der Waals surface area contributed by atoms with E-state index in [2.05, 4.69) is 21.9 Å². The van der Waals surface area contributed by atoms with Gasteiger partial charge in [-0.2, -0.15) is 0 Å². The van der Waals surface area contributed by atoms with Crippen molar-refractivity contribution >= 4 is 10.0 Å². The Labute approximate surface area is 127 Å². The van der Waals surface area contributed by atoms with E-state index in [4.69, 9.17) is 0 Å². The maximum atomic E-state index is 12.0. The third kappa shape index (κ3) is 5.74. The van der Waals surface area contributed by atoms with Crippen molar-refractivity contribution in [1.82, 2.24) is 14.9 Å². The van der Waals surface area contributed by atoms with Gasteiger partial charge in [-0.1, -0.05) is 31.2 Å². The molecule has 0 bridgehead atoms. The van der Waals surface area contributed by atoms with E-state index in [0.717, 1.165) is 38.2 Å². The average molecular weight is 311 g/mol. The molecule has 118 valence electrons. The summed E-state index contributed by atoms with van der Waals surface area (Å²) in [5, 5.41) is 3.26. The van der Waals surface area contributed by atoms with E-state index in [1.807, 2.05) is 24.3 Å². The molecule has 5 nitrogen and oxygen atoms in total. The second-order valence-corrected chi connectivity index (χ2v) is 7.33. The summed E-state index contributed by atoms with van der Waals surface area (Å²) in [5.41, 5.74) is 2.26. The van der Waals surface area contributed by atoms with Gasteiger partial charge in [0, 0.05) is 39.3 Å². The van der Waals surface area contributed by atoms with Gasteiger partial charge >= 0.3 is 0 Å². The van der Waals surface area contributed by atoms with Gasteiger partial charge in [-0.15, -0.1) is 0 Å². The van der Waals surface area contributed by atoms with Crippen molar-refractivity contribution in [3.05, 3.63) is 35.4 Å². The van der Waals surface area contributed by atoms with E-state index < -0.39 is 10.0 Å². The molecule has 0 aromatic heterocycles. The van der Waals surface area contributed by atoms with Gasteiger partial charge in [-0.05, 0) is 17.5 Å². The lowest BCUT2D eigenvalue weighted by molar-refractivity contribution is 0.253. The molecule has 1 aromatic rings. The first-order chi connectivity index (χ1) is 10.1. The average Bonchev–Trinajstić information content (AvgIpc) is 2.53. The van der Waals surface area contributed by atoms with Crippen LogP contribution in [0.25, 0.3) is 0 Å². The molecule has 2 rings (SSSR count). The molecule has 0 radical (unpaired) electrons. The highest BCUT2D eigenvalue weighted by atomic mass is 32.2. The Balaban J connectivity index is 1.77. The van der Waals surface area contributed by atoms with Crippen molar-refractivity contribution in [2.45, 2.75) is 19.9 Å². The molecule has 0 aliphatic carbocycles. The van der Waals surface area contributed by atoms with Crippen LogP contribution in [0.15, 0.2) is 24.3 Å². The lowest BCUT2D eigenvalue weighted by Gasteiger charge is -2.26. The predicted molar refractivity (Wildman–Crippen MR) is 85.8 cm³/mol.